The number of methoxy groups -OCH3 is 1. The van der Waals surface area contributed by atoms with E-state index in [1.54, 1.807) is 26.4 Å². The van der Waals surface area contributed by atoms with E-state index in [0.717, 1.165) is 16.9 Å². The first-order chi connectivity index (χ1) is 12.6. The standard InChI is InChI=1S/C19H25N5O2/c1-14-4-9-17(22-12-14)24-18(25)10-11-21-19(20-2)23-13-15-5-7-16(26-3)8-6-15/h4-9,12H,10-11,13H2,1-3H3,(H2,20,21,23)(H,22,24,25). The number of benzene rings is 1. The lowest BCUT2D eigenvalue weighted by atomic mass is 10.2. The zero-order chi connectivity index (χ0) is 18.8. The Morgan fingerprint density at radius 1 is 1.15 bits per heavy atom. The largest absolute Gasteiger partial charge is 0.497 e. The van der Waals surface area contributed by atoms with E-state index in [1.165, 1.54) is 0 Å². The second-order valence-electron chi connectivity index (χ2n) is 5.72. The lowest BCUT2D eigenvalue weighted by Crippen LogP contribution is -2.38. The average molecular weight is 355 g/mol. The van der Waals surface area contributed by atoms with Crippen molar-refractivity contribution in [3.05, 3.63) is 53.7 Å². The maximum absolute atomic E-state index is 11.9. The molecular weight excluding hydrogens is 330 g/mol. The third-order valence-electron chi connectivity index (χ3n) is 3.67. The van der Waals surface area contributed by atoms with Crippen molar-refractivity contribution in [2.24, 2.45) is 4.99 Å². The Balaban J connectivity index is 1.70. The molecular formula is C19H25N5O2. The maximum Gasteiger partial charge on any atom is 0.227 e. The fraction of sp³-hybridized carbons (Fsp3) is 0.316. The molecule has 0 aliphatic rings. The second-order valence-corrected chi connectivity index (χ2v) is 5.72. The summed E-state index contributed by atoms with van der Waals surface area (Å²) in [5, 5.41) is 9.10. The number of carbonyl (C=O) groups is 1. The highest BCUT2D eigenvalue weighted by molar-refractivity contribution is 5.90. The summed E-state index contributed by atoms with van der Waals surface area (Å²) in [6.07, 6.45) is 2.04. The van der Waals surface area contributed by atoms with Gasteiger partial charge < -0.3 is 20.7 Å². The van der Waals surface area contributed by atoms with Crippen molar-refractivity contribution in [3.8, 4) is 5.75 Å². The summed E-state index contributed by atoms with van der Waals surface area (Å²) in [7, 11) is 3.34. The van der Waals surface area contributed by atoms with Crippen molar-refractivity contribution in [3.63, 3.8) is 0 Å². The molecule has 3 N–H and O–H groups in total. The number of pyridine rings is 1. The van der Waals surface area contributed by atoms with Crippen LogP contribution in [0, 0.1) is 6.92 Å². The van der Waals surface area contributed by atoms with Gasteiger partial charge in [0.1, 0.15) is 11.6 Å². The summed E-state index contributed by atoms with van der Waals surface area (Å²) in [6.45, 7) is 3.05. The molecule has 0 radical (unpaired) electrons. The fourth-order valence-electron chi connectivity index (χ4n) is 2.19. The molecule has 0 spiro atoms. The van der Waals surface area contributed by atoms with E-state index in [1.807, 2.05) is 37.3 Å². The first-order valence-corrected chi connectivity index (χ1v) is 8.40. The van der Waals surface area contributed by atoms with Crippen molar-refractivity contribution in [2.45, 2.75) is 19.9 Å². The molecule has 1 heterocycles. The van der Waals surface area contributed by atoms with Gasteiger partial charge in [-0.25, -0.2) is 4.98 Å². The van der Waals surface area contributed by atoms with Gasteiger partial charge in [0.2, 0.25) is 5.91 Å². The SMILES string of the molecule is CN=C(NCCC(=O)Nc1ccc(C)cn1)NCc1ccc(OC)cc1. The number of aryl methyl sites for hydroxylation is 1. The lowest BCUT2D eigenvalue weighted by Gasteiger charge is -2.12. The van der Waals surface area contributed by atoms with Crippen molar-refractivity contribution in [1.82, 2.24) is 15.6 Å². The number of nitrogens with zero attached hydrogens (tertiary/aromatic N) is 2. The van der Waals surface area contributed by atoms with Gasteiger partial charge in [0.25, 0.3) is 0 Å². The number of hydrogen-bond acceptors (Lipinski definition) is 4. The summed E-state index contributed by atoms with van der Waals surface area (Å²) in [4.78, 5) is 20.3. The van der Waals surface area contributed by atoms with Crippen molar-refractivity contribution in [1.29, 1.82) is 0 Å². The number of hydrogen-bond donors (Lipinski definition) is 3. The summed E-state index contributed by atoms with van der Waals surface area (Å²) in [5.74, 6) is 1.93. The van der Waals surface area contributed by atoms with E-state index < -0.39 is 0 Å². The topological polar surface area (TPSA) is 87.6 Å². The van der Waals surface area contributed by atoms with Crippen LogP contribution in [0.15, 0.2) is 47.6 Å². The van der Waals surface area contributed by atoms with Gasteiger partial charge in [-0.05, 0) is 36.2 Å². The van der Waals surface area contributed by atoms with Crippen LogP contribution < -0.4 is 20.7 Å². The lowest BCUT2D eigenvalue weighted by molar-refractivity contribution is -0.116. The number of nitrogens with one attached hydrogen (secondary N) is 3. The van der Waals surface area contributed by atoms with Gasteiger partial charge in [-0.1, -0.05) is 18.2 Å². The minimum Gasteiger partial charge on any atom is -0.497 e. The minimum absolute atomic E-state index is 0.0977. The van der Waals surface area contributed by atoms with Gasteiger partial charge in [0, 0.05) is 32.8 Å². The fourth-order valence-corrected chi connectivity index (χ4v) is 2.19. The molecule has 0 fully saturated rings. The maximum atomic E-state index is 11.9. The molecule has 0 aliphatic heterocycles. The molecule has 0 saturated heterocycles. The molecule has 7 nitrogen and oxygen atoms in total. The number of aromatic nitrogens is 1. The van der Waals surface area contributed by atoms with Crippen LogP contribution in [0.25, 0.3) is 0 Å². The number of anilines is 1. The van der Waals surface area contributed by atoms with E-state index in [-0.39, 0.29) is 5.91 Å². The second kappa shape index (κ2) is 10.0. The zero-order valence-electron chi connectivity index (χ0n) is 15.4. The smallest absolute Gasteiger partial charge is 0.227 e. The quantitative estimate of drug-likeness (QED) is 0.523. The molecule has 0 atom stereocenters. The Labute approximate surface area is 153 Å². The van der Waals surface area contributed by atoms with Gasteiger partial charge in [-0.3, -0.25) is 9.79 Å². The van der Waals surface area contributed by atoms with Crippen LogP contribution in [0.1, 0.15) is 17.5 Å². The molecule has 2 aromatic rings. The molecule has 0 aliphatic carbocycles. The van der Waals surface area contributed by atoms with Gasteiger partial charge in [0.05, 0.1) is 7.11 Å². The predicted molar refractivity (Wildman–Crippen MR) is 103 cm³/mol. The van der Waals surface area contributed by atoms with Gasteiger partial charge >= 0.3 is 0 Å². The zero-order valence-corrected chi connectivity index (χ0v) is 15.4. The summed E-state index contributed by atoms with van der Waals surface area (Å²) < 4.78 is 5.14. The highest BCUT2D eigenvalue weighted by Crippen LogP contribution is 2.10. The summed E-state index contributed by atoms with van der Waals surface area (Å²) in [6, 6.07) is 11.5. The van der Waals surface area contributed by atoms with Crippen molar-refractivity contribution >= 4 is 17.7 Å². The Bertz CT molecular complexity index is 727. The number of ether oxygens (including phenoxy) is 1. The first kappa shape index (κ1) is 19.2. The molecule has 0 saturated carbocycles. The van der Waals surface area contributed by atoms with E-state index >= 15 is 0 Å². The number of aliphatic imine (C=N–C) groups is 1. The predicted octanol–water partition coefficient (Wildman–Crippen LogP) is 2.09. The number of carbonyl (C=O) groups excluding carboxylic acids is 1. The molecule has 1 aromatic heterocycles. The van der Waals surface area contributed by atoms with E-state index in [2.05, 4.69) is 25.9 Å². The molecule has 1 aromatic carbocycles. The highest BCUT2D eigenvalue weighted by Gasteiger charge is 2.04. The Hall–Kier alpha value is -3.09. The van der Waals surface area contributed by atoms with Crippen molar-refractivity contribution in [2.75, 3.05) is 26.0 Å². The summed E-state index contributed by atoms with van der Waals surface area (Å²) >= 11 is 0. The molecule has 0 unspecified atom stereocenters. The van der Waals surface area contributed by atoms with Gasteiger partial charge in [-0.15, -0.1) is 0 Å². The van der Waals surface area contributed by atoms with Crippen LogP contribution in [0.2, 0.25) is 0 Å². The highest BCUT2D eigenvalue weighted by atomic mass is 16.5. The number of amides is 1. The van der Waals surface area contributed by atoms with E-state index in [9.17, 15) is 4.79 Å². The van der Waals surface area contributed by atoms with Crippen molar-refractivity contribution < 1.29 is 9.53 Å². The third kappa shape index (κ3) is 6.43. The molecule has 1 amide bonds. The molecule has 0 bridgehead atoms. The Morgan fingerprint density at radius 3 is 2.54 bits per heavy atom. The van der Waals surface area contributed by atoms with Crippen LogP contribution in [0.3, 0.4) is 0 Å². The normalized spacial score (nSPS) is 11.0. The first-order valence-electron chi connectivity index (χ1n) is 8.40. The molecule has 7 heteroatoms. The Kier molecular flexibility index (Phi) is 7.42. The summed E-state index contributed by atoms with van der Waals surface area (Å²) in [5.41, 5.74) is 2.16. The third-order valence-corrected chi connectivity index (χ3v) is 3.67. The molecule has 138 valence electrons. The van der Waals surface area contributed by atoms with Crippen LogP contribution in [-0.4, -0.2) is 37.6 Å². The van der Waals surface area contributed by atoms with Crippen LogP contribution in [0.4, 0.5) is 5.82 Å². The molecule has 26 heavy (non-hydrogen) atoms. The average Bonchev–Trinajstić information content (AvgIpc) is 2.66. The molecule has 2 rings (SSSR count). The van der Waals surface area contributed by atoms with E-state index in [4.69, 9.17) is 4.74 Å². The Morgan fingerprint density at radius 2 is 1.92 bits per heavy atom. The van der Waals surface area contributed by atoms with Crippen LogP contribution in [0.5, 0.6) is 5.75 Å². The van der Waals surface area contributed by atoms with Crippen LogP contribution in [-0.2, 0) is 11.3 Å². The van der Waals surface area contributed by atoms with Gasteiger partial charge in [0.15, 0.2) is 5.96 Å². The van der Waals surface area contributed by atoms with Crippen LogP contribution >= 0.6 is 0 Å². The minimum atomic E-state index is -0.0977. The number of rotatable bonds is 7. The van der Waals surface area contributed by atoms with E-state index in [0.29, 0.717) is 31.3 Å². The number of guanidine groups is 1. The monoisotopic (exact) mass is 355 g/mol. The van der Waals surface area contributed by atoms with Gasteiger partial charge in [-0.2, -0.15) is 0 Å².